The first-order valence-corrected chi connectivity index (χ1v) is 7.23. The molecule has 0 bridgehead atoms. The van der Waals surface area contributed by atoms with Gasteiger partial charge in [-0.25, -0.2) is 0 Å². The minimum atomic E-state index is 0.370. The topological polar surface area (TPSA) is 21.7 Å². The number of benzene rings is 1. The normalized spacial score (nSPS) is 34.2. The van der Waals surface area contributed by atoms with Gasteiger partial charge in [0, 0.05) is 18.5 Å². The van der Waals surface area contributed by atoms with E-state index in [0.717, 1.165) is 30.0 Å². The molecule has 3 nitrogen and oxygen atoms in total. The van der Waals surface area contributed by atoms with Crippen LogP contribution in [0, 0.1) is 5.92 Å². The maximum absolute atomic E-state index is 5.55. The lowest BCUT2D eigenvalue weighted by Gasteiger charge is -2.41. The summed E-state index contributed by atoms with van der Waals surface area (Å²) < 4.78 is 11.1. The van der Waals surface area contributed by atoms with Crippen LogP contribution in [-0.2, 0) is 6.54 Å². The Hall–Kier alpha value is -1.48. The number of fused-ring (bicyclic) bond motifs is 3. The Labute approximate surface area is 112 Å². The van der Waals surface area contributed by atoms with Crippen LogP contribution < -0.4 is 9.47 Å². The van der Waals surface area contributed by atoms with Gasteiger partial charge in [-0.3, -0.25) is 4.90 Å². The largest absolute Gasteiger partial charge is 0.454 e. The molecule has 98 valence electrons. The first-order chi connectivity index (χ1) is 9.40. The van der Waals surface area contributed by atoms with Gasteiger partial charge in [0.25, 0.3) is 0 Å². The highest BCUT2D eigenvalue weighted by Crippen LogP contribution is 2.48. The molecule has 0 aromatic heterocycles. The summed E-state index contributed by atoms with van der Waals surface area (Å²) in [6.45, 7) is 2.70. The molecule has 1 aliphatic carbocycles. The number of ether oxygens (including phenoxy) is 2. The van der Waals surface area contributed by atoms with Crippen molar-refractivity contribution in [3.8, 4) is 11.5 Å². The van der Waals surface area contributed by atoms with Crippen LogP contribution in [0.4, 0.5) is 0 Å². The van der Waals surface area contributed by atoms with Crippen LogP contribution in [-0.4, -0.2) is 24.3 Å². The quantitative estimate of drug-likeness (QED) is 0.665. The molecule has 0 amide bonds. The van der Waals surface area contributed by atoms with Crippen LogP contribution in [0.1, 0.15) is 29.9 Å². The van der Waals surface area contributed by atoms with Crippen LogP contribution in [0.5, 0.6) is 11.5 Å². The molecule has 1 saturated heterocycles. The summed E-state index contributed by atoms with van der Waals surface area (Å²) in [7, 11) is 0. The Bertz CT molecular complexity index is 580. The minimum Gasteiger partial charge on any atom is -0.454 e. The van der Waals surface area contributed by atoms with E-state index < -0.39 is 0 Å². The molecule has 0 radical (unpaired) electrons. The predicted molar refractivity (Wildman–Crippen MR) is 71.4 cm³/mol. The molecule has 3 aliphatic heterocycles. The van der Waals surface area contributed by atoms with Gasteiger partial charge in [0.2, 0.25) is 6.79 Å². The molecule has 1 fully saturated rings. The van der Waals surface area contributed by atoms with Crippen molar-refractivity contribution in [1.29, 1.82) is 0 Å². The lowest BCUT2D eigenvalue weighted by atomic mass is 9.75. The Balaban J connectivity index is 1.69. The van der Waals surface area contributed by atoms with Crippen molar-refractivity contribution < 1.29 is 9.47 Å². The highest BCUT2D eigenvalue weighted by Gasteiger charge is 2.44. The molecule has 0 N–H and O–H groups in total. The zero-order chi connectivity index (χ0) is 12.4. The smallest absolute Gasteiger partial charge is 0.231 e. The van der Waals surface area contributed by atoms with Crippen molar-refractivity contribution in [2.75, 3.05) is 13.3 Å². The van der Waals surface area contributed by atoms with Gasteiger partial charge < -0.3 is 9.47 Å². The summed E-state index contributed by atoms with van der Waals surface area (Å²) in [4.78, 5) is 2.67. The van der Waals surface area contributed by atoms with E-state index in [2.05, 4.69) is 29.2 Å². The van der Waals surface area contributed by atoms with E-state index in [1.807, 2.05) is 0 Å². The number of hydrogen-bond donors (Lipinski definition) is 0. The average Bonchev–Trinajstić information content (AvgIpc) is 3.05. The summed E-state index contributed by atoms with van der Waals surface area (Å²) in [6, 6.07) is 5.15. The minimum absolute atomic E-state index is 0.370. The van der Waals surface area contributed by atoms with Gasteiger partial charge in [-0.1, -0.05) is 12.2 Å². The Morgan fingerprint density at radius 1 is 1.16 bits per heavy atom. The Morgan fingerprint density at radius 2 is 2.05 bits per heavy atom. The number of allylic oxidation sites excluding steroid dienone is 1. The van der Waals surface area contributed by atoms with Gasteiger partial charge in [0.15, 0.2) is 11.5 Å². The van der Waals surface area contributed by atoms with Crippen molar-refractivity contribution in [1.82, 2.24) is 4.90 Å². The third-order valence-corrected chi connectivity index (χ3v) is 5.21. The van der Waals surface area contributed by atoms with Crippen LogP contribution in [0.3, 0.4) is 0 Å². The average molecular weight is 255 g/mol. The van der Waals surface area contributed by atoms with Crippen LogP contribution in [0.25, 0.3) is 0 Å². The Kier molecular flexibility index (Phi) is 1.92. The van der Waals surface area contributed by atoms with E-state index >= 15 is 0 Å². The standard InChI is InChI=1S/C16H17NO2/c1-2-10-4-5-17-8-11-6-14-15(19-9-18-14)7-13(11)12(3-1)16(10)17/h1,3,6-7,10,12,16H,2,4-5,8-9H2/t10-,12+,16+/m1/s1. The van der Waals surface area contributed by atoms with Gasteiger partial charge in [-0.05, 0) is 48.6 Å². The molecule has 3 atom stereocenters. The highest BCUT2D eigenvalue weighted by molar-refractivity contribution is 5.52. The second-order valence-corrected chi connectivity index (χ2v) is 6.10. The first-order valence-electron chi connectivity index (χ1n) is 7.23. The first kappa shape index (κ1) is 10.3. The van der Waals surface area contributed by atoms with Crippen LogP contribution in [0.15, 0.2) is 24.3 Å². The van der Waals surface area contributed by atoms with Gasteiger partial charge >= 0.3 is 0 Å². The molecular weight excluding hydrogens is 238 g/mol. The molecule has 3 heteroatoms. The summed E-state index contributed by atoms with van der Waals surface area (Å²) in [5.74, 6) is 3.27. The number of nitrogens with zero attached hydrogens (tertiary/aromatic N) is 1. The second-order valence-electron chi connectivity index (χ2n) is 6.10. The molecule has 5 rings (SSSR count). The summed E-state index contributed by atoms with van der Waals surface area (Å²) in [5, 5.41) is 0. The van der Waals surface area contributed by atoms with E-state index in [-0.39, 0.29) is 0 Å². The fourth-order valence-corrected chi connectivity index (χ4v) is 4.38. The zero-order valence-electron chi connectivity index (χ0n) is 10.8. The number of hydrogen-bond acceptors (Lipinski definition) is 3. The number of rotatable bonds is 0. The molecule has 1 aromatic carbocycles. The van der Waals surface area contributed by atoms with E-state index in [4.69, 9.17) is 9.47 Å². The summed E-state index contributed by atoms with van der Waals surface area (Å²) in [6.07, 6.45) is 7.42. The molecule has 1 aromatic rings. The lowest BCUT2D eigenvalue weighted by molar-refractivity contribution is 0.174. The van der Waals surface area contributed by atoms with Crippen molar-refractivity contribution >= 4 is 0 Å². The molecule has 19 heavy (non-hydrogen) atoms. The third-order valence-electron chi connectivity index (χ3n) is 5.21. The fourth-order valence-electron chi connectivity index (χ4n) is 4.38. The molecule has 0 unspecified atom stereocenters. The van der Waals surface area contributed by atoms with Gasteiger partial charge in [0.1, 0.15) is 0 Å². The van der Waals surface area contributed by atoms with E-state index in [1.54, 1.807) is 0 Å². The van der Waals surface area contributed by atoms with Crippen molar-refractivity contribution in [2.24, 2.45) is 5.92 Å². The molecule has 0 spiro atoms. The van der Waals surface area contributed by atoms with Crippen molar-refractivity contribution in [2.45, 2.75) is 31.3 Å². The van der Waals surface area contributed by atoms with E-state index in [9.17, 15) is 0 Å². The SMILES string of the molecule is C1=C[C@H]2c3cc4c(cc3CN3CC[C@@H](C1)[C@@H]23)OCO4. The lowest BCUT2D eigenvalue weighted by Crippen LogP contribution is -2.42. The molecule has 3 heterocycles. The van der Waals surface area contributed by atoms with Gasteiger partial charge in [-0.15, -0.1) is 0 Å². The van der Waals surface area contributed by atoms with Crippen LogP contribution >= 0.6 is 0 Å². The predicted octanol–water partition coefficient (Wildman–Crippen LogP) is 2.66. The third kappa shape index (κ3) is 1.31. The van der Waals surface area contributed by atoms with E-state index in [1.165, 1.54) is 30.5 Å². The summed E-state index contributed by atoms with van der Waals surface area (Å²) >= 11 is 0. The van der Waals surface area contributed by atoms with Crippen molar-refractivity contribution in [3.05, 3.63) is 35.4 Å². The second kappa shape index (κ2) is 3.54. The molecule has 4 aliphatic rings. The van der Waals surface area contributed by atoms with Gasteiger partial charge in [0.05, 0.1) is 0 Å². The van der Waals surface area contributed by atoms with Gasteiger partial charge in [-0.2, -0.15) is 0 Å². The summed E-state index contributed by atoms with van der Waals surface area (Å²) in [5.41, 5.74) is 2.89. The highest BCUT2D eigenvalue weighted by atomic mass is 16.7. The monoisotopic (exact) mass is 255 g/mol. The molecule has 0 saturated carbocycles. The maximum atomic E-state index is 5.55. The zero-order valence-corrected chi connectivity index (χ0v) is 10.8. The fraction of sp³-hybridized carbons (Fsp3) is 0.500. The van der Waals surface area contributed by atoms with Crippen molar-refractivity contribution in [3.63, 3.8) is 0 Å². The molecular formula is C16H17NO2. The van der Waals surface area contributed by atoms with Crippen LogP contribution in [0.2, 0.25) is 0 Å². The van der Waals surface area contributed by atoms with E-state index in [0.29, 0.717) is 12.7 Å². The Morgan fingerprint density at radius 3 is 3.00 bits per heavy atom. The maximum Gasteiger partial charge on any atom is 0.231 e.